The summed E-state index contributed by atoms with van der Waals surface area (Å²) in [6, 6.07) is 23.4. The van der Waals surface area contributed by atoms with E-state index in [9.17, 15) is 0 Å². The van der Waals surface area contributed by atoms with Crippen LogP contribution in [-0.2, 0) is 0 Å². The number of rotatable bonds is 2. The summed E-state index contributed by atoms with van der Waals surface area (Å²) in [5.74, 6) is 0.782. The molecule has 17 heavy (non-hydrogen) atoms. The Kier molecular flexibility index (Phi) is 2.51. The van der Waals surface area contributed by atoms with Crippen LogP contribution in [0.15, 0.2) is 71.3 Å². The van der Waals surface area contributed by atoms with E-state index in [0.717, 1.165) is 22.5 Å². The fourth-order valence-electron chi connectivity index (χ4n) is 1.79. The molecule has 0 bridgehead atoms. The minimum Gasteiger partial charge on any atom is -0.463 e. The number of furan rings is 1. The third kappa shape index (κ3) is 2.00. The van der Waals surface area contributed by atoms with Crippen molar-refractivity contribution in [1.82, 2.24) is 0 Å². The van der Waals surface area contributed by atoms with E-state index >= 15 is 0 Å². The molecule has 0 fully saturated rings. The Labute approximate surface area is 100 Å². The second-order valence-corrected chi connectivity index (χ2v) is 3.84. The van der Waals surface area contributed by atoms with E-state index in [1.807, 2.05) is 48.5 Å². The molecule has 0 spiro atoms. The zero-order chi connectivity index (χ0) is 11.5. The lowest BCUT2D eigenvalue weighted by atomic mass is 10.1. The van der Waals surface area contributed by atoms with Crippen LogP contribution in [0.2, 0.25) is 0 Å². The Bertz CT molecular complexity index is 540. The topological polar surface area (TPSA) is 13.1 Å². The monoisotopic (exact) mass is 219 g/mol. The summed E-state index contributed by atoms with van der Waals surface area (Å²) >= 11 is 0. The first kappa shape index (κ1) is 9.91. The maximum Gasteiger partial charge on any atom is 0.142 e. The van der Waals surface area contributed by atoms with Gasteiger partial charge in [0.15, 0.2) is 0 Å². The van der Waals surface area contributed by atoms with E-state index in [2.05, 4.69) is 18.2 Å². The quantitative estimate of drug-likeness (QED) is 0.622. The zero-order valence-electron chi connectivity index (χ0n) is 9.26. The van der Waals surface area contributed by atoms with E-state index in [4.69, 9.17) is 4.42 Å². The van der Waals surface area contributed by atoms with E-state index in [1.165, 1.54) is 0 Å². The second-order valence-electron chi connectivity index (χ2n) is 3.84. The molecule has 1 heteroatoms. The van der Waals surface area contributed by atoms with Gasteiger partial charge in [-0.25, -0.2) is 0 Å². The number of hydrogen-bond acceptors (Lipinski definition) is 1. The van der Waals surface area contributed by atoms with Crippen LogP contribution in [-0.4, -0.2) is 0 Å². The van der Waals surface area contributed by atoms with Crippen molar-refractivity contribution in [1.29, 1.82) is 0 Å². The first-order valence-electron chi connectivity index (χ1n) is 5.55. The fraction of sp³-hybridized carbons (Fsp3) is 0. The first-order valence-corrected chi connectivity index (χ1v) is 5.55. The maximum atomic E-state index is 5.55. The molecule has 0 unspecified atom stereocenters. The van der Waals surface area contributed by atoms with Crippen molar-refractivity contribution in [3.63, 3.8) is 0 Å². The summed E-state index contributed by atoms with van der Waals surface area (Å²) in [4.78, 5) is 0. The predicted molar refractivity (Wildman–Crippen MR) is 68.4 cm³/mol. The summed E-state index contributed by atoms with van der Waals surface area (Å²) in [6.45, 7) is 0. The molecule has 0 aliphatic heterocycles. The van der Waals surface area contributed by atoms with Crippen LogP contribution in [0.5, 0.6) is 0 Å². The predicted octanol–water partition coefficient (Wildman–Crippen LogP) is 4.41. The van der Waals surface area contributed by atoms with E-state index in [-0.39, 0.29) is 0 Å². The van der Waals surface area contributed by atoms with Gasteiger partial charge in [0.25, 0.3) is 0 Å². The lowest BCUT2D eigenvalue weighted by Gasteiger charge is -1.94. The lowest BCUT2D eigenvalue weighted by molar-refractivity contribution is 0.583. The molecular weight excluding hydrogens is 208 g/mol. The summed E-state index contributed by atoms with van der Waals surface area (Å²) in [7, 11) is 0. The van der Waals surface area contributed by atoms with Gasteiger partial charge in [0.1, 0.15) is 5.76 Å². The van der Waals surface area contributed by atoms with Crippen LogP contribution in [0.3, 0.4) is 0 Å². The van der Waals surface area contributed by atoms with Crippen LogP contribution >= 0.6 is 0 Å². The summed E-state index contributed by atoms with van der Waals surface area (Å²) in [5.41, 5.74) is 3.16. The van der Waals surface area contributed by atoms with Crippen molar-refractivity contribution in [3.05, 3.63) is 73.0 Å². The molecule has 81 valence electrons. The third-order valence-corrected chi connectivity index (χ3v) is 2.66. The van der Waals surface area contributed by atoms with Gasteiger partial charge in [0, 0.05) is 17.2 Å². The minimum atomic E-state index is 0.782. The highest BCUT2D eigenvalue weighted by atomic mass is 16.3. The lowest BCUT2D eigenvalue weighted by Crippen LogP contribution is -1.73. The molecule has 2 aromatic carbocycles. The Morgan fingerprint density at radius 1 is 0.706 bits per heavy atom. The normalized spacial score (nSPS) is 10.4. The first-order chi connectivity index (χ1) is 8.43. The SMILES string of the molecule is [c]1c(-c2ccccc2)coc1-c1ccccc1. The summed E-state index contributed by atoms with van der Waals surface area (Å²) in [6.07, 6.45) is 1.75. The highest BCUT2D eigenvalue weighted by molar-refractivity contribution is 5.68. The van der Waals surface area contributed by atoms with Gasteiger partial charge in [0.2, 0.25) is 0 Å². The molecule has 0 aliphatic carbocycles. The van der Waals surface area contributed by atoms with Gasteiger partial charge in [0.05, 0.1) is 6.26 Å². The Morgan fingerprint density at radius 3 is 1.94 bits per heavy atom. The van der Waals surface area contributed by atoms with Gasteiger partial charge in [-0.15, -0.1) is 0 Å². The standard InChI is InChI=1S/C16H11O/c1-3-7-13(8-4-1)15-11-16(17-12-15)14-9-5-2-6-10-14/h1-10,12H. The molecule has 1 radical (unpaired) electrons. The van der Waals surface area contributed by atoms with Crippen molar-refractivity contribution in [3.8, 4) is 22.5 Å². The van der Waals surface area contributed by atoms with Gasteiger partial charge >= 0.3 is 0 Å². The van der Waals surface area contributed by atoms with Crippen molar-refractivity contribution in [2.75, 3.05) is 0 Å². The second kappa shape index (κ2) is 4.30. The number of hydrogen-bond donors (Lipinski definition) is 0. The van der Waals surface area contributed by atoms with Gasteiger partial charge < -0.3 is 4.42 Å². The van der Waals surface area contributed by atoms with Gasteiger partial charge in [-0.1, -0.05) is 60.7 Å². The average Bonchev–Trinajstić information content (AvgIpc) is 2.90. The fourth-order valence-corrected chi connectivity index (χ4v) is 1.79. The molecule has 3 aromatic rings. The van der Waals surface area contributed by atoms with E-state index < -0.39 is 0 Å². The molecule has 1 aromatic heterocycles. The summed E-state index contributed by atoms with van der Waals surface area (Å²) in [5, 5.41) is 0. The van der Waals surface area contributed by atoms with Crippen LogP contribution < -0.4 is 0 Å². The molecule has 0 amide bonds. The van der Waals surface area contributed by atoms with E-state index in [0.29, 0.717) is 0 Å². The molecule has 0 aliphatic rings. The van der Waals surface area contributed by atoms with Crippen molar-refractivity contribution < 1.29 is 4.42 Å². The summed E-state index contributed by atoms with van der Waals surface area (Å²) < 4.78 is 5.55. The minimum absolute atomic E-state index is 0.782. The molecule has 0 saturated carbocycles. The van der Waals surface area contributed by atoms with Crippen LogP contribution in [0, 0.1) is 6.07 Å². The highest BCUT2D eigenvalue weighted by Gasteiger charge is 2.05. The van der Waals surface area contributed by atoms with Gasteiger partial charge in [-0.2, -0.15) is 0 Å². The number of benzene rings is 2. The molecule has 0 saturated heterocycles. The van der Waals surface area contributed by atoms with E-state index in [1.54, 1.807) is 6.26 Å². The maximum absolute atomic E-state index is 5.55. The molecule has 1 nitrogen and oxygen atoms in total. The van der Waals surface area contributed by atoms with Crippen LogP contribution in [0.4, 0.5) is 0 Å². The Hall–Kier alpha value is -2.28. The Morgan fingerprint density at radius 2 is 1.29 bits per heavy atom. The van der Waals surface area contributed by atoms with Crippen molar-refractivity contribution >= 4 is 0 Å². The van der Waals surface area contributed by atoms with Crippen molar-refractivity contribution in [2.45, 2.75) is 0 Å². The average molecular weight is 219 g/mol. The third-order valence-electron chi connectivity index (χ3n) is 2.66. The molecular formula is C16H11O. The zero-order valence-corrected chi connectivity index (χ0v) is 9.26. The molecule has 0 N–H and O–H groups in total. The van der Waals surface area contributed by atoms with Gasteiger partial charge in [-0.05, 0) is 5.56 Å². The smallest absolute Gasteiger partial charge is 0.142 e. The van der Waals surface area contributed by atoms with Gasteiger partial charge in [-0.3, -0.25) is 0 Å². The highest BCUT2D eigenvalue weighted by Crippen LogP contribution is 2.27. The molecule has 3 rings (SSSR count). The van der Waals surface area contributed by atoms with Crippen molar-refractivity contribution in [2.24, 2.45) is 0 Å². The Balaban J connectivity index is 1.99. The molecule has 0 atom stereocenters. The van der Waals surface area contributed by atoms with Crippen LogP contribution in [0.25, 0.3) is 22.5 Å². The molecule has 1 heterocycles. The van der Waals surface area contributed by atoms with Crippen LogP contribution in [0.1, 0.15) is 0 Å². The largest absolute Gasteiger partial charge is 0.463 e.